The third-order valence-electron chi connectivity index (χ3n) is 3.60. The fraction of sp³-hybridized carbons (Fsp3) is 0.600. The van der Waals surface area contributed by atoms with E-state index in [4.69, 9.17) is 10.5 Å². The van der Waals surface area contributed by atoms with Gasteiger partial charge < -0.3 is 15.4 Å². The van der Waals surface area contributed by atoms with Crippen LogP contribution in [0.4, 0.5) is 0 Å². The number of rotatable bonds is 5. The first-order chi connectivity index (χ1) is 8.70. The number of hydrogen-bond donors (Lipinski definition) is 1. The Morgan fingerprint density at radius 3 is 3.00 bits per heavy atom. The van der Waals surface area contributed by atoms with E-state index in [1.165, 1.54) is 11.1 Å². The van der Waals surface area contributed by atoms with Gasteiger partial charge in [-0.05, 0) is 37.1 Å². The molecule has 0 fully saturated rings. The Morgan fingerprint density at radius 1 is 1.44 bits per heavy atom. The van der Waals surface area contributed by atoms with Crippen LogP contribution in [0, 0.1) is 5.92 Å². The molecule has 2 atom stereocenters. The number of nitrogens with two attached hydrogens (primary N) is 1. The van der Waals surface area contributed by atoms with E-state index >= 15 is 0 Å². The van der Waals surface area contributed by atoms with Crippen molar-refractivity contribution in [3.8, 4) is 0 Å². The predicted octanol–water partition coefficient (Wildman–Crippen LogP) is 1.83. The van der Waals surface area contributed by atoms with Crippen molar-refractivity contribution in [1.29, 1.82) is 0 Å². The second kappa shape index (κ2) is 6.32. The summed E-state index contributed by atoms with van der Waals surface area (Å²) < 4.78 is 5.92. The summed E-state index contributed by atoms with van der Waals surface area (Å²) in [5.74, 6) is 0.536. The standard InChI is InChI=1S/C15H24N2O/c1-12(9-16)10-17(2)11-15-14-6-4-3-5-13(14)7-8-18-15/h3-6,12,15H,7-11,16H2,1-2H3. The summed E-state index contributed by atoms with van der Waals surface area (Å²) in [5, 5.41) is 0. The van der Waals surface area contributed by atoms with E-state index in [0.717, 1.165) is 32.7 Å². The molecule has 2 rings (SSSR count). The number of nitrogens with zero attached hydrogens (tertiary/aromatic N) is 1. The molecule has 3 nitrogen and oxygen atoms in total. The van der Waals surface area contributed by atoms with Gasteiger partial charge in [0.2, 0.25) is 0 Å². The SMILES string of the molecule is CC(CN)CN(C)CC1OCCc2ccccc21. The molecule has 0 bridgehead atoms. The molecule has 100 valence electrons. The third kappa shape index (κ3) is 3.31. The summed E-state index contributed by atoms with van der Waals surface area (Å²) in [5.41, 5.74) is 8.47. The summed E-state index contributed by atoms with van der Waals surface area (Å²) in [4.78, 5) is 2.32. The average Bonchev–Trinajstić information content (AvgIpc) is 2.39. The Labute approximate surface area is 110 Å². The summed E-state index contributed by atoms with van der Waals surface area (Å²) in [7, 11) is 2.15. The number of likely N-dealkylation sites (N-methyl/N-ethyl adjacent to an activating group) is 1. The molecular weight excluding hydrogens is 224 g/mol. The van der Waals surface area contributed by atoms with Crippen LogP contribution in [-0.4, -0.2) is 38.2 Å². The molecule has 1 aromatic rings. The zero-order valence-electron chi connectivity index (χ0n) is 11.4. The molecule has 2 N–H and O–H groups in total. The van der Waals surface area contributed by atoms with E-state index < -0.39 is 0 Å². The molecule has 0 radical (unpaired) electrons. The lowest BCUT2D eigenvalue weighted by atomic mass is 9.97. The van der Waals surface area contributed by atoms with Gasteiger partial charge in [-0.15, -0.1) is 0 Å². The second-order valence-corrected chi connectivity index (χ2v) is 5.37. The van der Waals surface area contributed by atoms with Crippen LogP contribution in [0.25, 0.3) is 0 Å². The summed E-state index contributed by atoms with van der Waals surface area (Å²) >= 11 is 0. The highest BCUT2D eigenvalue weighted by molar-refractivity contribution is 5.31. The van der Waals surface area contributed by atoms with Crippen LogP contribution < -0.4 is 5.73 Å². The van der Waals surface area contributed by atoms with Gasteiger partial charge in [0.15, 0.2) is 0 Å². The molecule has 1 aromatic carbocycles. The summed E-state index contributed by atoms with van der Waals surface area (Å²) in [6, 6.07) is 8.62. The number of benzene rings is 1. The van der Waals surface area contributed by atoms with Crippen molar-refractivity contribution in [2.45, 2.75) is 19.4 Å². The van der Waals surface area contributed by atoms with E-state index in [9.17, 15) is 0 Å². The highest BCUT2D eigenvalue weighted by atomic mass is 16.5. The number of hydrogen-bond acceptors (Lipinski definition) is 3. The normalized spacial score (nSPS) is 20.8. The Kier molecular flexibility index (Phi) is 4.75. The Balaban J connectivity index is 1.98. The van der Waals surface area contributed by atoms with E-state index in [1.807, 2.05) is 0 Å². The molecule has 0 saturated carbocycles. The minimum atomic E-state index is 0.213. The van der Waals surface area contributed by atoms with E-state index in [0.29, 0.717) is 5.92 Å². The van der Waals surface area contributed by atoms with E-state index in [-0.39, 0.29) is 6.10 Å². The van der Waals surface area contributed by atoms with Gasteiger partial charge in [-0.1, -0.05) is 31.2 Å². The van der Waals surface area contributed by atoms with Crippen molar-refractivity contribution in [1.82, 2.24) is 4.90 Å². The highest BCUT2D eigenvalue weighted by Crippen LogP contribution is 2.27. The van der Waals surface area contributed by atoms with Crippen molar-refractivity contribution < 1.29 is 4.74 Å². The summed E-state index contributed by atoms with van der Waals surface area (Å²) in [6.07, 6.45) is 1.25. The van der Waals surface area contributed by atoms with Crippen molar-refractivity contribution in [3.63, 3.8) is 0 Å². The van der Waals surface area contributed by atoms with Gasteiger partial charge in [-0.2, -0.15) is 0 Å². The predicted molar refractivity (Wildman–Crippen MR) is 74.6 cm³/mol. The smallest absolute Gasteiger partial charge is 0.0954 e. The van der Waals surface area contributed by atoms with Gasteiger partial charge in [0, 0.05) is 13.1 Å². The molecular formula is C15H24N2O. The van der Waals surface area contributed by atoms with Crippen molar-refractivity contribution in [2.24, 2.45) is 11.7 Å². The topological polar surface area (TPSA) is 38.5 Å². The van der Waals surface area contributed by atoms with Gasteiger partial charge in [0.25, 0.3) is 0 Å². The van der Waals surface area contributed by atoms with E-state index in [1.54, 1.807) is 0 Å². The molecule has 3 heteroatoms. The first kappa shape index (κ1) is 13.5. The van der Waals surface area contributed by atoms with Crippen LogP contribution >= 0.6 is 0 Å². The number of ether oxygens (including phenoxy) is 1. The van der Waals surface area contributed by atoms with Gasteiger partial charge in [-0.3, -0.25) is 0 Å². The van der Waals surface area contributed by atoms with Gasteiger partial charge in [0.05, 0.1) is 12.7 Å². The molecule has 0 spiro atoms. The van der Waals surface area contributed by atoms with Crippen LogP contribution in [0.1, 0.15) is 24.2 Å². The number of fused-ring (bicyclic) bond motifs is 1. The minimum absolute atomic E-state index is 0.213. The lowest BCUT2D eigenvalue weighted by molar-refractivity contribution is 0.0191. The first-order valence-electron chi connectivity index (χ1n) is 6.78. The van der Waals surface area contributed by atoms with Crippen molar-refractivity contribution in [3.05, 3.63) is 35.4 Å². The van der Waals surface area contributed by atoms with Gasteiger partial charge in [0.1, 0.15) is 0 Å². The molecule has 0 aromatic heterocycles. The Bertz CT molecular complexity index is 381. The minimum Gasteiger partial charge on any atom is -0.372 e. The molecule has 0 aliphatic carbocycles. The van der Waals surface area contributed by atoms with Crippen LogP contribution in [0.5, 0.6) is 0 Å². The molecule has 1 heterocycles. The second-order valence-electron chi connectivity index (χ2n) is 5.37. The van der Waals surface area contributed by atoms with Crippen LogP contribution in [0.2, 0.25) is 0 Å². The molecule has 1 aliphatic heterocycles. The first-order valence-corrected chi connectivity index (χ1v) is 6.78. The Morgan fingerprint density at radius 2 is 2.22 bits per heavy atom. The van der Waals surface area contributed by atoms with Crippen LogP contribution in [0.15, 0.2) is 24.3 Å². The summed E-state index contributed by atoms with van der Waals surface area (Å²) in [6.45, 7) is 5.74. The van der Waals surface area contributed by atoms with Crippen LogP contribution in [0.3, 0.4) is 0 Å². The fourth-order valence-corrected chi connectivity index (χ4v) is 2.59. The lowest BCUT2D eigenvalue weighted by Gasteiger charge is -2.30. The van der Waals surface area contributed by atoms with Crippen LogP contribution in [-0.2, 0) is 11.2 Å². The zero-order chi connectivity index (χ0) is 13.0. The van der Waals surface area contributed by atoms with Gasteiger partial charge in [-0.25, -0.2) is 0 Å². The largest absolute Gasteiger partial charge is 0.372 e. The molecule has 0 amide bonds. The maximum atomic E-state index is 5.92. The molecule has 18 heavy (non-hydrogen) atoms. The van der Waals surface area contributed by atoms with Crippen molar-refractivity contribution in [2.75, 3.05) is 33.3 Å². The monoisotopic (exact) mass is 248 g/mol. The molecule has 2 unspecified atom stereocenters. The average molecular weight is 248 g/mol. The molecule has 1 aliphatic rings. The van der Waals surface area contributed by atoms with E-state index in [2.05, 4.69) is 43.1 Å². The Hall–Kier alpha value is -0.900. The molecule has 0 saturated heterocycles. The quantitative estimate of drug-likeness (QED) is 0.864. The fourth-order valence-electron chi connectivity index (χ4n) is 2.59. The maximum Gasteiger partial charge on any atom is 0.0954 e. The highest BCUT2D eigenvalue weighted by Gasteiger charge is 2.21. The van der Waals surface area contributed by atoms with Crippen molar-refractivity contribution >= 4 is 0 Å². The maximum absolute atomic E-state index is 5.92. The lowest BCUT2D eigenvalue weighted by Crippen LogP contribution is -2.34. The van der Waals surface area contributed by atoms with Gasteiger partial charge >= 0.3 is 0 Å². The third-order valence-corrected chi connectivity index (χ3v) is 3.60. The zero-order valence-corrected chi connectivity index (χ0v) is 11.4.